The smallest absolute Gasteiger partial charge is 0.319 e. The van der Waals surface area contributed by atoms with E-state index >= 15 is 0 Å². The minimum absolute atomic E-state index is 0.0630. The third-order valence-electron chi connectivity index (χ3n) is 4.29. The Morgan fingerprint density at radius 1 is 1.32 bits per heavy atom. The average molecular weight is 349 g/mol. The van der Waals surface area contributed by atoms with Crippen molar-refractivity contribution in [2.75, 3.05) is 32.1 Å². The zero-order chi connectivity index (χ0) is 18.2. The van der Waals surface area contributed by atoms with Crippen molar-refractivity contribution in [3.63, 3.8) is 0 Å². The molecule has 140 valence electrons. The Morgan fingerprint density at radius 2 is 2.00 bits per heavy atom. The summed E-state index contributed by atoms with van der Waals surface area (Å²) in [4.78, 5) is 14.6. The van der Waals surface area contributed by atoms with Crippen molar-refractivity contribution in [3.05, 3.63) is 29.8 Å². The lowest BCUT2D eigenvalue weighted by Crippen LogP contribution is -2.45. The second kappa shape index (κ2) is 9.75. The monoisotopic (exact) mass is 349 g/mol. The molecular formula is C19H31N3O3. The first-order chi connectivity index (χ1) is 12.0. The first-order valence-electron chi connectivity index (χ1n) is 9.00. The van der Waals surface area contributed by atoms with Gasteiger partial charge in [-0.2, -0.15) is 0 Å². The second-order valence-electron chi connectivity index (χ2n) is 6.89. The Morgan fingerprint density at radius 3 is 2.68 bits per heavy atom. The van der Waals surface area contributed by atoms with E-state index in [2.05, 4.69) is 35.4 Å². The summed E-state index contributed by atoms with van der Waals surface area (Å²) in [6, 6.07) is 7.84. The molecule has 1 aromatic carbocycles. The van der Waals surface area contributed by atoms with Crippen LogP contribution in [-0.2, 0) is 16.0 Å². The molecule has 1 aliphatic heterocycles. The summed E-state index contributed by atoms with van der Waals surface area (Å²) in [5, 5.41) is 5.93. The summed E-state index contributed by atoms with van der Waals surface area (Å²) in [6.45, 7) is 9.40. The fourth-order valence-corrected chi connectivity index (χ4v) is 3.18. The molecule has 1 fully saturated rings. The number of amides is 2. The van der Waals surface area contributed by atoms with Crippen LogP contribution in [0.15, 0.2) is 24.3 Å². The molecule has 1 aliphatic rings. The van der Waals surface area contributed by atoms with Crippen LogP contribution in [0.5, 0.6) is 0 Å². The topological polar surface area (TPSA) is 62.8 Å². The van der Waals surface area contributed by atoms with E-state index in [0.717, 1.165) is 37.3 Å². The maximum atomic E-state index is 12.2. The number of urea groups is 1. The highest BCUT2D eigenvalue weighted by Crippen LogP contribution is 2.20. The van der Waals surface area contributed by atoms with Crippen molar-refractivity contribution < 1.29 is 14.3 Å². The number of para-hydroxylation sites is 1. The van der Waals surface area contributed by atoms with Crippen LogP contribution in [0, 0.1) is 0 Å². The number of carbonyl (C=O) groups excluding carboxylic acids is 1. The molecule has 0 bridgehead atoms. The highest BCUT2D eigenvalue weighted by molar-refractivity contribution is 5.90. The first-order valence-corrected chi connectivity index (χ1v) is 9.00. The van der Waals surface area contributed by atoms with Gasteiger partial charge in [0.25, 0.3) is 0 Å². The van der Waals surface area contributed by atoms with Gasteiger partial charge in [-0.1, -0.05) is 18.2 Å². The van der Waals surface area contributed by atoms with Crippen LogP contribution in [0.3, 0.4) is 0 Å². The molecule has 2 N–H and O–H groups in total. The van der Waals surface area contributed by atoms with E-state index in [-0.39, 0.29) is 24.3 Å². The van der Waals surface area contributed by atoms with Gasteiger partial charge in [-0.3, -0.25) is 4.90 Å². The van der Waals surface area contributed by atoms with E-state index in [1.165, 1.54) is 0 Å². The molecule has 6 heteroatoms. The molecule has 1 heterocycles. The number of hydrogen-bond acceptors (Lipinski definition) is 4. The number of nitrogens with zero attached hydrogens (tertiary/aromatic N) is 1. The molecule has 0 aliphatic carbocycles. The van der Waals surface area contributed by atoms with Crippen molar-refractivity contribution in [1.82, 2.24) is 10.2 Å². The summed E-state index contributed by atoms with van der Waals surface area (Å²) in [5.74, 6) is 0. The maximum absolute atomic E-state index is 12.2. The lowest BCUT2D eigenvalue weighted by Gasteiger charge is -2.35. The molecule has 0 saturated carbocycles. The Labute approximate surface area is 150 Å². The van der Waals surface area contributed by atoms with Gasteiger partial charge in [0.2, 0.25) is 0 Å². The van der Waals surface area contributed by atoms with Gasteiger partial charge in [0.05, 0.1) is 12.2 Å². The van der Waals surface area contributed by atoms with Crippen molar-refractivity contribution in [2.24, 2.45) is 0 Å². The van der Waals surface area contributed by atoms with Gasteiger partial charge in [0.15, 0.2) is 0 Å². The minimum atomic E-state index is -0.181. The van der Waals surface area contributed by atoms with E-state index in [0.29, 0.717) is 6.61 Å². The van der Waals surface area contributed by atoms with Gasteiger partial charge >= 0.3 is 6.03 Å². The van der Waals surface area contributed by atoms with Gasteiger partial charge in [-0.25, -0.2) is 4.79 Å². The van der Waals surface area contributed by atoms with E-state index < -0.39 is 0 Å². The molecule has 0 radical (unpaired) electrons. The number of nitrogens with one attached hydrogen (secondary N) is 2. The van der Waals surface area contributed by atoms with Crippen LogP contribution in [0.1, 0.15) is 32.8 Å². The maximum Gasteiger partial charge on any atom is 0.319 e. The van der Waals surface area contributed by atoms with E-state index in [4.69, 9.17) is 9.47 Å². The van der Waals surface area contributed by atoms with Gasteiger partial charge in [0, 0.05) is 45.1 Å². The number of anilines is 1. The Balaban J connectivity index is 1.94. The minimum Gasteiger partial charge on any atom is -0.385 e. The molecular weight excluding hydrogens is 318 g/mol. The molecule has 0 aromatic heterocycles. The Bertz CT molecular complexity index is 542. The number of methoxy groups -OCH3 is 1. The van der Waals surface area contributed by atoms with Crippen molar-refractivity contribution >= 4 is 11.7 Å². The highest BCUT2D eigenvalue weighted by atomic mass is 16.5. The number of morpholine rings is 1. The van der Waals surface area contributed by atoms with Crippen LogP contribution in [0.4, 0.5) is 10.5 Å². The first kappa shape index (κ1) is 19.7. The third-order valence-corrected chi connectivity index (χ3v) is 4.29. The number of carbonyl (C=O) groups is 1. The normalized spacial score (nSPS) is 22.4. The van der Waals surface area contributed by atoms with Crippen molar-refractivity contribution in [1.29, 1.82) is 0 Å². The lowest BCUT2D eigenvalue weighted by atomic mass is 10.1. The van der Waals surface area contributed by atoms with Crippen LogP contribution in [-0.4, -0.2) is 56.0 Å². The van der Waals surface area contributed by atoms with E-state index in [1.807, 2.05) is 25.1 Å². The predicted molar refractivity (Wildman–Crippen MR) is 99.8 cm³/mol. The largest absolute Gasteiger partial charge is 0.385 e. The lowest BCUT2D eigenvalue weighted by molar-refractivity contribution is -0.0704. The molecule has 1 saturated heterocycles. The quantitative estimate of drug-likeness (QED) is 0.795. The molecule has 1 aromatic rings. The fourth-order valence-electron chi connectivity index (χ4n) is 3.18. The molecule has 0 unspecified atom stereocenters. The van der Waals surface area contributed by atoms with E-state index in [1.54, 1.807) is 7.11 Å². The number of benzene rings is 1. The number of rotatable bonds is 7. The molecule has 2 rings (SSSR count). The van der Waals surface area contributed by atoms with Crippen LogP contribution in [0.2, 0.25) is 0 Å². The zero-order valence-corrected chi connectivity index (χ0v) is 15.7. The average Bonchev–Trinajstić information content (AvgIpc) is 2.53. The summed E-state index contributed by atoms with van der Waals surface area (Å²) in [6.07, 6.45) is 1.25. The van der Waals surface area contributed by atoms with Crippen LogP contribution < -0.4 is 10.6 Å². The van der Waals surface area contributed by atoms with Gasteiger partial charge < -0.3 is 20.1 Å². The molecule has 3 atom stereocenters. The Hall–Kier alpha value is -1.63. The van der Waals surface area contributed by atoms with Gasteiger partial charge in [-0.15, -0.1) is 0 Å². The third kappa shape index (κ3) is 6.65. The highest BCUT2D eigenvalue weighted by Gasteiger charge is 2.22. The number of hydrogen-bond donors (Lipinski definition) is 2. The van der Waals surface area contributed by atoms with E-state index in [9.17, 15) is 4.79 Å². The molecule has 0 spiro atoms. The zero-order valence-electron chi connectivity index (χ0n) is 15.7. The van der Waals surface area contributed by atoms with Crippen molar-refractivity contribution in [3.8, 4) is 0 Å². The summed E-state index contributed by atoms with van der Waals surface area (Å²) >= 11 is 0. The van der Waals surface area contributed by atoms with Crippen LogP contribution >= 0.6 is 0 Å². The van der Waals surface area contributed by atoms with Crippen molar-refractivity contribution in [2.45, 2.75) is 52.0 Å². The molecule has 2 amide bonds. The number of ether oxygens (including phenoxy) is 2. The van der Waals surface area contributed by atoms with Crippen LogP contribution in [0.25, 0.3) is 0 Å². The molecule has 6 nitrogen and oxygen atoms in total. The summed E-state index contributed by atoms with van der Waals surface area (Å²) in [7, 11) is 1.66. The van der Waals surface area contributed by atoms with Gasteiger partial charge in [0.1, 0.15) is 0 Å². The summed E-state index contributed by atoms with van der Waals surface area (Å²) in [5.41, 5.74) is 1.97. The Kier molecular flexibility index (Phi) is 7.68. The van der Waals surface area contributed by atoms with Gasteiger partial charge in [-0.05, 0) is 38.8 Å². The SMILES string of the molecule is COCC[C@H](C)NC(=O)Nc1ccccc1CN1C[C@@H](C)O[C@@H](C)C1. The standard InChI is InChI=1S/C19H31N3O3/c1-14(9-10-24-4)20-19(23)21-18-8-6-5-7-17(18)13-22-11-15(2)25-16(3)12-22/h5-8,14-16H,9-13H2,1-4H3,(H2,20,21,23)/t14-,15-,16+/m0/s1. The molecule has 25 heavy (non-hydrogen) atoms. The summed E-state index contributed by atoms with van der Waals surface area (Å²) < 4.78 is 10.8. The second-order valence-corrected chi connectivity index (χ2v) is 6.89. The fraction of sp³-hybridized carbons (Fsp3) is 0.632. The predicted octanol–water partition coefficient (Wildman–Crippen LogP) is 2.84.